The number of carbonyl (C=O) groups excluding carboxylic acids is 1. The minimum Gasteiger partial charge on any atom is -0.459 e. The van der Waals surface area contributed by atoms with Gasteiger partial charge in [0.05, 0.1) is 6.26 Å². The number of hydrogen-bond donors (Lipinski definition) is 3. The van der Waals surface area contributed by atoms with Crippen molar-refractivity contribution in [3.8, 4) is 0 Å². The van der Waals surface area contributed by atoms with Crippen LogP contribution in [0.3, 0.4) is 0 Å². The first-order valence-electron chi connectivity index (χ1n) is 10.7. The highest BCUT2D eigenvalue weighted by molar-refractivity contribution is 5.92. The molecule has 2 fully saturated rings. The van der Waals surface area contributed by atoms with Crippen molar-refractivity contribution in [2.45, 2.75) is 64.0 Å². The molecule has 0 spiro atoms. The van der Waals surface area contributed by atoms with Gasteiger partial charge >= 0.3 is 0 Å². The van der Waals surface area contributed by atoms with Crippen molar-refractivity contribution < 1.29 is 9.21 Å². The molecule has 3 rings (SSSR count). The van der Waals surface area contributed by atoms with Gasteiger partial charge < -0.3 is 25.3 Å². The lowest BCUT2D eigenvalue weighted by molar-refractivity contribution is 0.0925. The molecule has 7 nitrogen and oxygen atoms in total. The third-order valence-electron chi connectivity index (χ3n) is 5.93. The zero-order chi connectivity index (χ0) is 19.8. The van der Waals surface area contributed by atoms with Gasteiger partial charge in [-0.25, -0.2) is 0 Å². The Labute approximate surface area is 168 Å². The Morgan fingerprint density at radius 1 is 1.18 bits per heavy atom. The van der Waals surface area contributed by atoms with Gasteiger partial charge in [-0.15, -0.1) is 0 Å². The minimum atomic E-state index is -0.154. The van der Waals surface area contributed by atoms with Crippen LogP contribution in [-0.2, 0) is 0 Å². The molecule has 1 aromatic heterocycles. The van der Waals surface area contributed by atoms with E-state index in [-0.39, 0.29) is 5.91 Å². The Kier molecular flexibility index (Phi) is 7.77. The minimum absolute atomic E-state index is 0.154. The summed E-state index contributed by atoms with van der Waals surface area (Å²) in [5.41, 5.74) is 0.860. The molecule has 7 heteroatoms. The monoisotopic (exact) mass is 389 g/mol. The molecule has 1 saturated heterocycles. The van der Waals surface area contributed by atoms with E-state index in [1.165, 1.54) is 51.6 Å². The van der Waals surface area contributed by atoms with E-state index in [0.29, 0.717) is 18.3 Å². The fourth-order valence-electron chi connectivity index (χ4n) is 4.25. The van der Waals surface area contributed by atoms with Crippen LogP contribution in [0, 0.1) is 6.92 Å². The van der Waals surface area contributed by atoms with Gasteiger partial charge in [0.15, 0.2) is 11.7 Å². The lowest BCUT2D eigenvalue weighted by atomic mass is 10.0. The van der Waals surface area contributed by atoms with Crippen molar-refractivity contribution in [1.82, 2.24) is 20.9 Å². The number of nitrogens with zero attached hydrogens (tertiary/aromatic N) is 2. The van der Waals surface area contributed by atoms with E-state index >= 15 is 0 Å². The standard InChI is InChI=1S/C21H35N5O2/c1-16-10-15-28-19(16)20(27)23-11-5-12-24-21(22-2)25-17-8-13-26(14-9-17)18-6-3-4-7-18/h10,15,17-18H,3-9,11-14H2,1-2H3,(H,23,27)(H2,22,24,25). The van der Waals surface area contributed by atoms with Crippen LogP contribution in [0.1, 0.15) is 61.1 Å². The predicted molar refractivity (Wildman–Crippen MR) is 112 cm³/mol. The third-order valence-corrected chi connectivity index (χ3v) is 5.93. The van der Waals surface area contributed by atoms with Crippen molar-refractivity contribution in [3.63, 3.8) is 0 Å². The van der Waals surface area contributed by atoms with Gasteiger partial charge in [0, 0.05) is 50.9 Å². The first-order valence-corrected chi connectivity index (χ1v) is 10.7. The Balaban J connectivity index is 1.29. The van der Waals surface area contributed by atoms with E-state index in [9.17, 15) is 4.79 Å². The fraction of sp³-hybridized carbons (Fsp3) is 0.714. The fourth-order valence-corrected chi connectivity index (χ4v) is 4.25. The highest BCUT2D eigenvalue weighted by Gasteiger charge is 2.27. The maximum atomic E-state index is 12.0. The number of furan rings is 1. The Morgan fingerprint density at radius 2 is 1.89 bits per heavy atom. The summed E-state index contributed by atoms with van der Waals surface area (Å²) in [5, 5.41) is 9.80. The van der Waals surface area contributed by atoms with Gasteiger partial charge in [-0.05, 0) is 45.1 Å². The highest BCUT2D eigenvalue weighted by atomic mass is 16.3. The topological polar surface area (TPSA) is 81.9 Å². The van der Waals surface area contributed by atoms with Crippen molar-refractivity contribution in [2.75, 3.05) is 33.2 Å². The van der Waals surface area contributed by atoms with E-state index in [0.717, 1.165) is 30.5 Å². The maximum absolute atomic E-state index is 12.0. The molecule has 2 aliphatic rings. The molecule has 1 aromatic rings. The number of amides is 1. The van der Waals surface area contributed by atoms with E-state index in [4.69, 9.17) is 4.42 Å². The van der Waals surface area contributed by atoms with E-state index in [1.807, 2.05) is 14.0 Å². The molecule has 28 heavy (non-hydrogen) atoms. The normalized spacial score (nSPS) is 19.7. The molecule has 3 N–H and O–H groups in total. The molecule has 1 saturated carbocycles. The third kappa shape index (κ3) is 5.74. The number of aryl methyl sites for hydroxylation is 1. The predicted octanol–water partition coefficient (Wildman–Crippen LogP) is 2.28. The average molecular weight is 390 g/mol. The summed E-state index contributed by atoms with van der Waals surface area (Å²) < 4.78 is 5.20. The van der Waals surface area contributed by atoms with Crippen LogP contribution in [-0.4, -0.2) is 62.1 Å². The van der Waals surface area contributed by atoms with Crippen LogP contribution in [0.4, 0.5) is 0 Å². The van der Waals surface area contributed by atoms with E-state index in [1.54, 1.807) is 12.3 Å². The summed E-state index contributed by atoms with van der Waals surface area (Å²) in [6.45, 7) is 5.61. The van der Waals surface area contributed by atoms with Gasteiger partial charge in [-0.2, -0.15) is 0 Å². The molecule has 1 aliphatic carbocycles. The summed E-state index contributed by atoms with van der Waals surface area (Å²) in [7, 11) is 1.81. The average Bonchev–Trinajstić information content (AvgIpc) is 3.39. The van der Waals surface area contributed by atoms with Crippen molar-refractivity contribution >= 4 is 11.9 Å². The molecule has 156 valence electrons. The van der Waals surface area contributed by atoms with Crippen LogP contribution < -0.4 is 16.0 Å². The second kappa shape index (κ2) is 10.5. The molecule has 0 atom stereocenters. The smallest absolute Gasteiger partial charge is 0.287 e. The molecular formula is C21H35N5O2. The summed E-state index contributed by atoms with van der Waals surface area (Å²) in [6, 6.07) is 3.12. The van der Waals surface area contributed by atoms with Gasteiger partial charge in [-0.3, -0.25) is 9.79 Å². The number of nitrogens with one attached hydrogen (secondary N) is 3. The Hall–Kier alpha value is -2.02. The number of aliphatic imine (C=N–C) groups is 1. The number of piperidine rings is 1. The number of likely N-dealkylation sites (tertiary alicyclic amines) is 1. The zero-order valence-corrected chi connectivity index (χ0v) is 17.3. The van der Waals surface area contributed by atoms with E-state index < -0.39 is 0 Å². The lowest BCUT2D eigenvalue weighted by Crippen LogP contribution is -2.50. The summed E-state index contributed by atoms with van der Waals surface area (Å²) in [4.78, 5) is 19.0. The van der Waals surface area contributed by atoms with Crippen LogP contribution in [0.25, 0.3) is 0 Å². The summed E-state index contributed by atoms with van der Waals surface area (Å²) in [5.74, 6) is 1.10. The van der Waals surface area contributed by atoms with Gasteiger partial charge in [-0.1, -0.05) is 12.8 Å². The molecule has 1 aliphatic heterocycles. The molecule has 0 bridgehead atoms. The molecule has 0 unspecified atom stereocenters. The van der Waals surface area contributed by atoms with Gasteiger partial charge in [0.25, 0.3) is 5.91 Å². The van der Waals surface area contributed by atoms with Gasteiger partial charge in [0.1, 0.15) is 0 Å². The molecule has 0 radical (unpaired) electrons. The lowest BCUT2D eigenvalue weighted by Gasteiger charge is -2.36. The molecule has 0 aromatic carbocycles. The van der Waals surface area contributed by atoms with Crippen LogP contribution in [0.5, 0.6) is 0 Å². The first-order chi connectivity index (χ1) is 13.7. The second-order valence-electron chi connectivity index (χ2n) is 7.93. The van der Waals surface area contributed by atoms with E-state index in [2.05, 4.69) is 25.8 Å². The number of guanidine groups is 1. The number of rotatable bonds is 7. The van der Waals surface area contributed by atoms with Crippen molar-refractivity contribution in [1.29, 1.82) is 0 Å². The van der Waals surface area contributed by atoms with Crippen LogP contribution >= 0.6 is 0 Å². The summed E-state index contributed by atoms with van der Waals surface area (Å²) in [6.07, 6.45) is 10.3. The second-order valence-corrected chi connectivity index (χ2v) is 7.93. The van der Waals surface area contributed by atoms with Crippen molar-refractivity contribution in [2.24, 2.45) is 4.99 Å². The molecular weight excluding hydrogens is 354 g/mol. The van der Waals surface area contributed by atoms with Gasteiger partial charge in [0.2, 0.25) is 0 Å². The summed E-state index contributed by atoms with van der Waals surface area (Å²) >= 11 is 0. The largest absolute Gasteiger partial charge is 0.459 e. The van der Waals surface area contributed by atoms with Crippen LogP contribution in [0.15, 0.2) is 21.7 Å². The molecule has 1 amide bonds. The van der Waals surface area contributed by atoms with Crippen LogP contribution in [0.2, 0.25) is 0 Å². The number of hydrogen-bond acceptors (Lipinski definition) is 4. The quantitative estimate of drug-likeness (QED) is 0.379. The SMILES string of the molecule is CN=C(NCCCNC(=O)c1occc1C)NC1CCN(C2CCCC2)CC1. The molecule has 2 heterocycles. The zero-order valence-electron chi connectivity index (χ0n) is 17.3. The highest BCUT2D eigenvalue weighted by Crippen LogP contribution is 2.26. The first kappa shape index (κ1) is 20.7. The Bertz CT molecular complexity index is 643. The maximum Gasteiger partial charge on any atom is 0.287 e. The Morgan fingerprint density at radius 3 is 2.54 bits per heavy atom. The number of carbonyl (C=O) groups is 1. The van der Waals surface area contributed by atoms with Crippen molar-refractivity contribution in [3.05, 3.63) is 23.7 Å².